The molecule has 11 heavy (non-hydrogen) atoms. The minimum atomic E-state index is -0.102. The summed E-state index contributed by atoms with van der Waals surface area (Å²) >= 11 is 6.67. The van der Waals surface area contributed by atoms with Gasteiger partial charge in [-0.3, -0.25) is 4.79 Å². The number of aromatic amines is 1. The van der Waals surface area contributed by atoms with Gasteiger partial charge in [0.15, 0.2) is 0 Å². The first-order valence-corrected chi connectivity index (χ1v) is 4.10. The number of aromatic nitrogens is 2. The van der Waals surface area contributed by atoms with Crippen LogP contribution in [0.1, 0.15) is 0 Å². The van der Waals surface area contributed by atoms with Gasteiger partial charge in [-0.05, 0) is 12.1 Å². The Kier molecular flexibility index (Phi) is 1.44. The molecule has 3 nitrogen and oxygen atoms in total. The molecule has 0 aliphatic heterocycles. The average Bonchev–Trinajstić information content (AvgIpc) is 2.27. The Balaban J connectivity index is 2.92. The highest BCUT2D eigenvalue weighted by Crippen LogP contribution is 2.14. The normalized spacial score (nSPS) is 10.6. The fourth-order valence-electron chi connectivity index (χ4n) is 0.814. The monoisotopic (exact) mass is 186 g/mol. The molecule has 0 bridgehead atoms. The number of thiazole rings is 1. The number of nitrogens with one attached hydrogen (secondary N) is 1. The van der Waals surface area contributed by atoms with Crippen LogP contribution in [0.4, 0.5) is 0 Å². The lowest BCUT2D eigenvalue weighted by molar-refractivity contribution is 1.37. The van der Waals surface area contributed by atoms with Crippen molar-refractivity contribution in [3.8, 4) is 0 Å². The molecule has 0 fully saturated rings. The van der Waals surface area contributed by atoms with Crippen molar-refractivity contribution in [1.82, 2.24) is 9.97 Å². The van der Waals surface area contributed by atoms with Crippen LogP contribution in [0.5, 0.6) is 0 Å². The van der Waals surface area contributed by atoms with E-state index >= 15 is 0 Å². The lowest BCUT2D eigenvalue weighted by Gasteiger charge is -1.86. The Morgan fingerprint density at radius 1 is 1.55 bits per heavy atom. The Bertz CT molecular complexity index is 447. The van der Waals surface area contributed by atoms with Gasteiger partial charge in [0.2, 0.25) is 0 Å². The highest BCUT2D eigenvalue weighted by molar-refractivity contribution is 7.15. The van der Waals surface area contributed by atoms with E-state index in [1.807, 2.05) is 0 Å². The largest absolute Gasteiger partial charge is 0.311 e. The summed E-state index contributed by atoms with van der Waals surface area (Å²) in [5.74, 6) is 0. The first-order chi connectivity index (χ1) is 5.25. The van der Waals surface area contributed by atoms with Crippen molar-refractivity contribution in [3.63, 3.8) is 0 Å². The summed E-state index contributed by atoms with van der Waals surface area (Å²) in [7, 11) is 0. The van der Waals surface area contributed by atoms with Crippen LogP contribution in [-0.4, -0.2) is 9.97 Å². The summed E-state index contributed by atoms with van der Waals surface area (Å²) in [4.78, 5) is 17.9. The molecule has 0 saturated carbocycles. The molecule has 56 valence electrons. The third-order valence-electron chi connectivity index (χ3n) is 1.25. The summed E-state index contributed by atoms with van der Waals surface area (Å²) in [6.07, 6.45) is 0. The standard InChI is InChI=1S/C6H3ClN2OS/c7-4-2-1-3-5(9-4)11-6(10)8-3/h1-2H,(H,8,10). The molecule has 0 spiro atoms. The lowest BCUT2D eigenvalue weighted by Crippen LogP contribution is -1.89. The number of hydrogen-bond acceptors (Lipinski definition) is 3. The molecule has 2 rings (SSSR count). The first-order valence-electron chi connectivity index (χ1n) is 2.91. The Morgan fingerprint density at radius 2 is 2.36 bits per heavy atom. The van der Waals surface area contributed by atoms with Crippen LogP contribution >= 0.6 is 22.9 Å². The molecular weight excluding hydrogens is 184 g/mol. The van der Waals surface area contributed by atoms with Gasteiger partial charge in [-0.25, -0.2) is 4.98 Å². The molecule has 0 aliphatic rings. The van der Waals surface area contributed by atoms with Crippen LogP contribution in [0.2, 0.25) is 5.15 Å². The van der Waals surface area contributed by atoms with E-state index in [1.54, 1.807) is 12.1 Å². The Hall–Kier alpha value is -0.870. The van der Waals surface area contributed by atoms with Gasteiger partial charge < -0.3 is 4.98 Å². The number of nitrogens with zero attached hydrogens (tertiary/aromatic N) is 1. The second-order valence-corrected chi connectivity index (χ2v) is 3.35. The molecule has 5 heteroatoms. The molecule has 2 heterocycles. The van der Waals surface area contributed by atoms with Crippen LogP contribution in [-0.2, 0) is 0 Å². The molecule has 0 unspecified atom stereocenters. The van der Waals surface area contributed by atoms with Crippen LogP contribution in [0.25, 0.3) is 10.3 Å². The average molecular weight is 187 g/mol. The van der Waals surface area contributed by atoms with E-state index < -0.39 is 0 Å². The molecule has 0 radical (unpaired) electrons. The highest BCUT2D eigenvalue weighted by Gasteiger charge is 1.99. The van der Waals surface area contributed by atoms with Crippen LogP contribution in [0, 0.1) is 0 Å². The number of rotatable bonds is 0. The predicted octanol–water partition coefficient (Wildman–Crippen LogP) is 1.64. The summed E-state index contributed by atoms with van der Waals surface area (Å²) in [6.45, 7) is 0. The van der Waals surface area contributed by atoms with Crippen LogP contribution in [0.15, 0.2) is 16.9 Å². The van der Waals surface area contributed by atoms with E-state index in [4.69, 9.17) is 11.6 Å². The molecule has 0 aromatic carbocycles. The molecule has 0 saturated heterocycles. The van der Waals surface area contributed by atoms with Gasteiger partial charge in [-0.1, -0.05) is 22.9 Å². The van der Waals surface area contributed by atoms with Crippen molar-refractivity contribution in [1.29, 1.82) is 0 Å². The zero-order valence-corrected chi connectivity index (χ0v) is 6.87. The molecule has 2 aromatic rings. The Morgan fingerprint density at radius 3 is 3.18 bits per heavy atom. The molecule has 0 amide bonds. The topological polar surface area (TPSA) is 45.8 Å². The summed E-state index contributed by atoms with van der Waals surface area (Å²) in [5.41, 5.74) is 0.740. The van der Waals surface area contributed by atoms with Crippen molar-refractivity contribution in [3.05, 3.63) is 27.0 Å². The first kappa shape index (κ1) is 6.82. The van der Waals surface area contributed by atoms with E-state index in [9.17, 15) is 4.79 Å². The number of H-pyrrole nitrogens is 1. The lowest BCUT2D eigenvalue weighted by atomic mass is 10.5. The molecule has 1 N–H and O–H groups in total. The van der Waals surface area contributed by atoms with Crippen molar-refractivity contribution >= 4 is 33.3 Å². The van der Waals surface area contributed by atoms with E-state index in [0.717, 1.165) is 16.9 Å². The van der Waals surface area contributed by atoms with E-state index in [0.29, 0.717) is 9.98 Å². The predicted molar refractivity (Wildman–Crippen MR) is 45.3 cm³/mol. The summed E-state index contributed by atoms with van der Waals surface area (Å²) in [6, 6.07) is 3.38. The van der Waals surface area contributed by atoms with Crippen molar-refractivity contribution in [2.75, 3.05) is 0 Å². The van der Waals surface area contributed by atoms with E-state index in [-0.39, 0.29) is 4.87 Å². The van der Waals surface area contributed by atoms with Gasteiger partial charge in [-0.2, -0.15) is 0 Å². The van der Waals surface area contributed by atoms with Crippen molar-refractivity contribution < 1.29 is 0 Å². The van der Waals surface area contributed by atoms with Gasteiger partial charge in [0.25, 0.3) is 0 Å². The maximum absolute atomic E-state index is 10.8. The minimum Gasteiger partial charge on any atom is -0.311 e. The maximum atomic E-state index is 10.8. The van der Waals surface area contributed by atoms with Crippen LogP contribution in [0.3, 0.4) is 0 Å². The minimum absolute atomic E-state index is 0.102. The Labute approximate surface area is 70.7 Å². The fourth-order valence-corrected chi connectivity index (χ4v) is 1.72. The van der Waals surface area contributed by atoms with Gasteiger partial charge in [0, 0.05) is 0 Å². The smallest absolute Gasteiger partial charge is 0.307 e. The zero-order chi connectivity index (χ0) is 7.84. The quantitative estimate of drug-likeness (QED) is 0.636. The van der Waals surface area contributed by atoms with E-state index in [1.165, 1.54) is 0 Å². The van der Waals surface area contributed by atoms with Crippen molar-refractivity contribution in [2.24, 2.45) is 0 Å². The third-order valence-corrected chi connectivity index (χ3v) is 2.25. The highest BCUT2D eigenvalue weighted by atomic mass is 35.5. The number of pyridine rings is 1. The summed E-state index contributed by atoms with van der Waals surface area (Å²) in [5, 5.41) is 0.410. The second-order valence-electron chi connectivity index (χ2n) is 2.00. The van der Waals surface area contributed by atoms with Crippen LogP contribution < -0.4 is 4.87 Å². The molecule has 2 aromatic heterocycles. The van der Waals surface area contributed by atoms with E-state index in [2.05, 4.69) is 9.97 Å². The number of hydrogen-bond donors (Lipinski definition) is 1. The zero-order valence-electron chi connectivity index (χ0n) is 5.30. The maximum Gasteiger partial charge on any atom is 0.307 e. The molecular formula is C6H3ClN2OS. The number of halogens is 1. The van der Waals surface area contributed by atoms with Gasteiger partial charge in [0.05, 0.1) is 5.52 Å². The number of fused-ring (bicyclic) bond motifs is 1. The van der Waals surface area contributed by atoms with Gasteiger partial charge >= 0.3 is 4.87 Å². The van der Waals surface area contributed by atoms with Gasteiger partial charge in [-0.15, -0.1) is 0 Å². The fraction of sp³-hybridized carbons (Fsp3) is 0. The molecule has 0 aliphatic carbocycles. The summed E-state index contributed by atoms with van der Waals surface area (Å²) < 4.78 is 0. The molecule has 0 atom stereocenters. The third kappa shape index (κ3) is 1.15. The SMILES string of the molecule is O=c1[nH]c2ccc(Cl)nc2s1. The second kappa shape index (κ2) is 2.32. The van der Waals surface area contributed by atoms with Gasteiger partial charge in [0.1, 0.15) is 9.98 Å². The van der Waals surface area contributed by atoms with Crippen molar-refractivity contribution in [2.45, 2.75) is 0 Å².